The summed E-state index contributed by atoms with van der Waals surface area (Å²) in [4.78, 5) is 16.0. The first kappa shape index (κ1) is 14.1. The van der Waals surface area contributed by atoms with E-state index in [2.05, 4.69) is 4.98 Å². The van der Waals surface area contributed by atoms with Gasteiger partial charge in [-0.2, -0.15) is 0 Å². The summed E-state index contributed by atoms with van der Waals surface area (Å²) in [5.74, 6) is 0.970. The monoisotopic (exact) mass is 275 g/mol. The zero-order valence-electron chi connectivity index (χ0n) is 11.5. The molecule has 0 fully saturated rings. The van der Waals surface area contributed by atoms with Gasteiger partial charge in [-0.05, 0) is 24.6 Å². The van der Waals surface area contributed by atoms with Crippen LogP contribution in [0.4, 0.5) is 0 Å². The Bertz CT molecular complexity index is 652. The number of aryl methyl sites for hydroxylation is 1. The molecule has 0 saturated carbocycles. The van der Waals surface area contributed by atoms with Gasteiger partial charge in [0.2, 0.25) is 0 Å². The molecule has 0 aliphatic carbocycles. The van der Waals surface area contributed by atoms with Crippen LogP contribution in [0.1, 0.15) is 12.5 Å². The molecule has 1 heterocycles. The van der Waals surface area contributed by atoms with E-state index in [1.165, 1.54) is 17.9 Å². The number of methoxy groups -OCH3 is 1. The van der Waals surface area contributed by atoms with Crippen molar-refractivity contribution in [2.75, 3.05) is 7.11 Å². The van der Waals surface area contributed by atoms with Gasteiger partial charge in [0.15, 0.2) is 11.5 Å². The van der Waals surface area contributed by atoms with Crippen molar-refractivity contribution in [1.29, 1.82) is 0 Å². The van der Waals surface area contributed by atoms with Gasteiger partial charge in [0.1, 0.15) is 0 Å². The Morgan fingerprint density at radius 2 is 2.15 bits per heavy atom. The van der Waals surface area contributed by atoms with Gasteiger partial charge in [0.25, 0.3) is 5.88 Å². The van der Waals surface area contributed by atoms with Crippen molar-refractivity contribution in [2.24, 2.45) is 5.73 Å². The fraction of sp³-hybridized carbons (Fsp3) is 0.286. The molecule has 0 atom stereocenters. The van der Waals surface area contributed by atoms with Crippen molar-refractivity contribution >= 4 is 0 Å². The van der Waals surface area contributed by atoms with E-state index in [0.29, 0.717) is 24.6 Å². The summed E-state index contributed by atoms with van der Waals surface area (Å²) in [5, 5.41) is 0. The third-order valence-corrected chi connectivity index (χ3v) is 2.89. The molecule has 2 aromatic rings. The summed E-state index contributed by atoms with van der Waals surface area (Å²) in [5.41, 5.74) is 6.22. The van der Waals surface area contributed by atoms with Crippen molar-refractivity contribution < 1.29 is 9.47 Å². The largest absolute Gasteiger partial charge is 0.493 e. The zero-order chi connectivity index (χ0) is 14.5. The van der Waals surface area contributed by atoms with Gasteiger partial charge < -0.3 is 19.8 Å². The Hall–Kier alpha value is -2.34. The first-order valence-corrected chi connectivity index (χ1v) is 6.29. The summed E-state index contributed by atoms with van der Waals surface area (Å²) in [6.07, 6.45) is 3.14. The molecule has 0 unspecified atom stereocenters. The third-order valence-electron chi connectivity index (χ3n) is 2.89. The van der Waals surface area contributed by atoms with Crippen molar-refractivity contribution in [3.63, 3.8) is 0 Å². The summed E-state index contributed by atoms with van der Waals surface area (Å²) >= 11 is 0. The molecule has 1 aromatic heterocycles. The Balaban J connectivity index is 2.37. The molecule has 6 nitrogen and oxygen atoms in total. The second kappa shape index (κ2) is 6.21. The van der Waals surface area contributed by atoms with Gasteiger partial charge >= 0.3 is 5.56 Å². The highest BCUT2D eigenvalue weighted by molar-refractivity contribution is 5.44. The highest BCUT2D eigenvalue weighted by Gasteiger charge is 2.11. The minimum atomic E-state index is -0.278. The Morgan fingerprint density at radius 1 is 1.35 bits per heavy atom. The maximum absolute atomic E-state index is 12.0. The molecule has 0 amide bonds. The molecular formula is C14H17N3O3. The molecule has 0 aliphatic rings. The summed E-state index contributed by atoms with van der Waals surface area (Å²) < 4.78 is 12.3. The average Bonchev–Trinajstić information content (AvgIpc) is 2.49. The SMILES string of the molecule is CCn1ccnc(Oc2ccc(CN)cc2OC)c1=O. The first-order valence-electron chi connectivity index (χ1n) is 6.29. The number of nitrogens with zero attached hydrogens (tertiary/aromatic N) is 2. The van der Waals surface area contributed by atoms with Gasteiger partial charge in [-0.3, -0.25) is 4.79 Å². The van der Waals surface area contributed by atoms with E-state index in [1.807, 2.05) is 13.0 Å². The van der Waals surface area contributed by atoms with Crippen LogP contribution in [0.15, 0.2) is 35.4 Å². The van der Waals surface area contributed by atoms with Gasteiger partial charge in [-0.25, -0.2) is 4.98 Å². The second-order valence-electron chi connectivity index (χ2n) is 4.11. The molecule has 106 valence electrons. The fourth-order valence-electron chi connectivity index (χ4n) is 1.77. The minimum absolute atomic E-state index is 0.0214. The molecule has 0 bridgehead atoms. The highest BCUT2D eigenvalue weighted by atomic mass is 16.5. The number of aromatic nitrogens is 2. The van der Waals surface area contributed by atoms with Crippen LogP contribution in [0.2, 0.25) is 0 Å². The number of benzene rings is 1. The second-order valence-corrected chi connectivity index (χ2v) is 4.11. The highest BCUT2D eigenvalue weighted by Crippen LogP contribution is 2.30. The predicted molar refractivity (Wildman–Crippen MR) is 75.1 cm³/mol. The van der Waals surface area contributed by atoms with Gasteiger partial charge in [0.05, 0.1) is 7.11 Å². The summed E-state index contributed by atoms with van der Waals surface area (Å²) in [7, 11) is 1.53. The van der Waals surface area contributed by atoms with Crippen LogP contribution in [0, 0.1) is 0 Å². The normalized spacial score (nSPS) is 10.3. The Kier molecular flexibility index (Phi) is 4.37. The Morgan fingerprint density at radius 3 is 2.80 bits per heavy atom. The van der Waals surface area contributed by atoms with Crippen LogP contribution in [0.25, 0.3) is 0 Å². The van der Waals surface area contributed by atoms with Crippen LogP contribution >= 0.6 is 0 Å². The fourth-order valence-corrected chi connectivity index (χ4v) is 1.77. The predicted octanol–water partition coefficient (Wildman–Crippen LogP) is 1.52. The Labute approximate surface area is 116 Å². The lowest BCUT2D eigenvalue weighted by molar-refractivity contribution is 0.369. The molecule has 2 rings (SSSR count). The van der Waals surface area contributed by atoms with Crippen molar-refractivity contribution in [1.82, 2.24) is 9.55 Å². The topological polar surface area (TPSA) is 79.4 Å². The van der Waals surface area contributed by atoms with E-state index in [0.717, 1.165) is 5.56 Å². The standard InChI is InChI=1S/C14H17N3O3/c1-3-17-7-6-16-13(14(17)18)20-11-5-4-10(9-15)8-12(11)19-2/h4-8H,3,9,15H2,1-2H3. The van der Waals surface area contributed by atoms with E-state index < -0.39 is 0 Å². The summed E-state index contributed by atoms with van der Waals surface area (Å²) in [6.45, 7) is 2.84. The molecule has 20 heavy (non-hydrogen) atoms. The molecule has 0 saturated heterocycles. The lowest BCUT2D eigenvalue weighted by atomic mass is 10.2. The van der Waals surface area contributed by atoms with Gasteiger partial charge in [0, 0.05) is 25.5 Å². The number of hydrogen-bond donors (Lipinski definition) is 1. The number of hydrogen-bond acceptors (Lipinski definition) is 5. The number of rotatable bonds is 5. The van der Waals surface area contributed by atoms with E-state index in [-0.39, 0.29) is 11.4 Å². The van der Waals surface area contributed by atoms with Crippen LogP contribution in [-0.2, 0) is 13.1 Å². The van der Waals surface area contributed by atoms with Crippen LogP contribution in [-0.4, -0.2) is 16.7 Å². The van der Waals surface area contributed by atoms with Crippen LogP contribution in [0.5, 0.6) is 17.4 Å². The van der Waals surface area contributed by atoms with E-state index in [9.17, 15) is 4.79 Å². The average molecular weight is 275 g/mol. The van der Waals surface area contributed by atoms with Crippen LogP contribution < -0.4 is 20.8 Å². The van der Waals surface area contributed by atoms with Crippen molar-refractivity contribution in [2.45, 2.75) is 20.0 Å². The molecule has 0 radical (unpaired) electrons. The maximum Gasteiger partial charge on any atom is 0.313 e. The van der Waals surface area contributed by atoms with Crippen molar-refractivity contribution in [3.8, 4) is 17.4 Å². The minimum Gasteiger partial charge on any atom is -0.493 e. The molecule has 6 heteroatoms. The van der Waals surface area contributed by atoms with E-state index >= 15 is 0 Å². The van der Waals surface area contributed by atoms with Gasteiger partial charge in [-0.1, -0.05) is 6.07 Å². The maximum atomic E-state index is 12.0. The smallest absolute Gasteiger partial charge is 0.313 e. The quantitative estimate of drug-likeness (QED) is 0.895. The summed E-state index contributed by atoms with van der Waals surface area (Å²) in [6, 6.07) is 5.31. The van der Waals surface area contributed by atoms with E-state index in [4.69, 9.17) is 15.2 Å². The van der Waals surface area contributed by atoms with E-state index in [1.54, 1.807) is 18.3 Å². The molecule has 2 N–H and O–H groups in total. The van der Waals surface area contributed by atoms with Crippen LogP contribution in [0.3, 0.4) is 0 Å². The molecule has 0 spiro atoms. The third kappa shape index (κ3) is 2.80. The van der Waals surface area contributed by atoms with Crippen molar-refractivity contribution in [3.05, 3.63) is 46.5 Å². The lowest BCUT2D eigenvalue weighted by Crippen LogP contribution is -2.20. The van der Waals surface area contributed by atoms with Gasteiger partial charge in [-0.15, -0.1) is 0 Å². The molecule has 1 aromatic carbocycles. The number of ether oxygens (including phenoxy) is 2. The first-order chi connectivity index (χ1) is 9.69. The zero-order valence-corrected chi connectivity index (χ0v) is 11.5. The molecular weight excluding hydrogens is 258 g/mol. The number of nitrogens with two attached hydrogens (primary N) is 1. The lowest BCUT2D eigenvalue weighted by Gasteiger charge is -2.11. The molecule has 0 aliphatic heterocycles.